The molecule has 3 heterocycles. The van der Waals surface area contributed by atoms with Gasteiger partial charge in [-0.25, -0.2) is 22.2 Å². The monoisotopic (exact) mass is 607 g/mol. The van der Waals surface area contributed by atoms with E-state index < -0.39 is 27.6 Å². The molecule has 0 bridgehead atoms. The number of amides is 1. The van der Waals surface area contributed by atoms with Gasteiger partial charge >= 0.3 is 0 Å². The molecule has 3 aromatic heterocycles. The van der Waals surface area contributed by atoms with E-state index in [0.29, 0.717) is 37.5 Å². The van der Waals surface area contributed by atoms with Crippen molar-refractivity contribution in [1.82, 2.24) is 10.3 Å². The Morgan fingerprint density at radius 2 is 1.79 bits per heavy atom. The van der Waals surface area contributed by atoms with E-state index in [1.165, 1.54) is 55.8 Å². The van der Waals surface area contributed by atoms with Crippen LogP contribution in [-0.2, 0) is 10.0 Å². The standard InChI is InChI=1S/C30H23F2N3O5S2/c1-15-12-24(30-34-21-7-5-6-20(32)27(21)40-30)41-28(15)18-13-19-23(14-22(18)35(3)42(4,37)38)39-26(25(19)29(36)33-2)16-8-10-17(31)11-9-16/h5-14H,1-4H3,(H,33,36). The molecular formula is C30H23F2N3O5S2. The fraction of sp³-hybridized carbons (Fsp3) is 0.133. The number of rotatable bonds is 6. The van der Waals surface area contributed by atoms with Gasteiger partial charge in [-0.15, -0.1) is 11.3 Å². The number of aromatic nitrogens is 1. The molecule has 0 unspecified atom stereocenters. The fourth-order valence-electron chi connectivity index (χ4n) is 4.78. The highest BCUT2D eigenvalue weighted by Gasteiger charge is 2.27. The van der Waals surface area contributed by atoms with Crippen molar-refractivity contribution >= 4 is 55.0 Å². The van der Waals surface area contributed by atoms with Crippen LogP contribution >= 0.6 is 11.3 Å². The highest BCUT2D eigenvalue weighted by molar-refractivity contribution is 7.92. The molecule has 0 saturated carbocycles. The number of oxazole rings is 1. The first-order valence-electron chi connectivity index (χ1n) is 12.6. The highest BCUT2D eigenvalue weighted by atomic mass is 32.2. The number of carbonyl (C=O) groups is 1. The first-order valence-corrected chi connectivity index (χ1v) is 15.3. The number of aryl methyl sites for hydroxylation is 1. The number of benzene rings is 3. The summed E-state index contributed by atoms with van der Waals surface area (Å²) < 4.78 is 66.4. The molecule has 6 aromatic rings. The van der Waals surface area contributed by atoms with Crippen molar-refractivity contribution in [2.75, 3.05) is 24.7 Å². The molecule has 214 valence electrons. The SMILES string of the molecule is CNC(=O)c1c(-c2ccc(F)cc2)oc2cc(N(C)S(C)(=O)=O)c(-c3sc(-c4nc5cccc(F)c5o4)cc3C)cc12. The minimum Gasteiger partial charge on any atom is -0.455 e. The van der Waals surface area contributed by atoms with Crippen LogP contribution in [0.3, 0.4) is 0 Å². The molecule has 0 saturated heterocycles. The van der Waals surface area contributed by atoms with Gasteiger partial charge < -0.3 is 14.2 Å². The lowest BCUT2D eigenvalue weighted by Crippen LogP contribution is -2.25. The van der Waals surface area contributed by atoms with E-state index in [1.807, 2.05) is 13.0 Å². The molecule has 0 atom stereocenters. The minimum atomic E-state index is -3.71. The molecule has 0 radical (unpaired) electrons. The topological polar surface area (TPSA) is 106 Å². The van der Waals surface area contributed by atoms with Crippen molar-refractivity contribution in [2.24, 2.45) is 0 Å². The summed E-state index contributed by atoms with van der Waals surface area (Å²) in [4.78, 5) is 18.9. The highest BCUT2D eigenvalue weighted by Crippen LogP contribution is 2.46. The Kier molecular flexibility index (Phi) is 6.62. The summed E-state index contributed by atoms with van der Waals surface area (Å²) in [7, 11) is -0.799. The van der Waals surface area contributed by atoms with Gasteiger partial charge in [-0.1, -0.05) is 6.07 Å². The Labute approximate surface area is 243 Å². The average molecular weight is 608 g/mol. The van der Waals surface area contributed by atoms with E-state index in [1.54, 1.807) is 24.3 Å². The Hall–Kier alpha value is -4.55. The predicted molar refractivity (Wildman–Crippen MR) is 159 cm³/mol. The molecule has 0 fully saturated rings. The number of para-hydroxylation sites is 1. The van der Waals surface area contributed by atoms with Crippen LogP contribution in [0.25, 0.3) is 54.6 Å². The van der Waals surface area contributed by atoms with Crippen molar-refractivity contribution in [3.63, 3.8) is 0 Å². The summed E-state index contributed by atoms with van der Waals surface area (Å²) in [5.74, 6) is -0.962. The largest absolute Gasteiger partial charge is 0.455 e. The number of anilines is 1. The molecule has 12 heteroatoms. The number of furan rings is 1. The summed E-state index contributed by atoms with van der Waals surface area (Å²) in [5, 5.41) is 3.07. The van der Waals surface area contributed by atoms with E-state index >= 15 is 0 Å². The molecule has 0 aliphatic rings. The van der Waals surface area contributed by atoms with E-state index in [0.717, 1.165) is 16.1 Å². The van der Waals surface area contributed by atoms with Gasteiger partial charge in [0.05, 0.1) is 22.4 Å². The minimum absolute atomic E-state index is 0.0426. The third-order valence-electron chi connectivity index (χ3n) is 6.94. The van der Waals surface area contributed by atoms with Gasteiger partial charge in [0.15, 0.2) is 11.4 Å². The number of fused-ring (bicyclic) bond motifs is 2. The molecular weight excluding hydrogens is 584 g/mol. The van der Waals surface area contributed by atoms with Crippen LogP contribution in [0.15, 0.2) is 69.5 Å². The third kappa shape index (κ3) is 4.62. The Balaban J connectivity index is 1.61. The van der Waals surface area contributed by atoms with Crippen molar-refractivity contribution in [3.8, 4) is 32.5 Å². The molecule has 6 rings (SSSR count). The molecule has 1 amide bonds. The lowest BCUT2D eigenvalue weighted by molar-refractivity contribution is 0.0964. The molecule has 0 aliphatic carbocycles. The maximum absolute atomic E-state index is 14.3. The van der Waals surface area contributed by atoms with Crippen molar-refractivity contribution < 1.29 is 30.8 Å². The van der Waals surface area contributed by atoms with Gasteiger partial charge in [0.1, 0.15) is 22.7 Å². The Morgan fingerprint density at radius 1 is 1.05 bits per heavy atom. The summed E-state index contributed by atoms with van der Waals surface area (Å²) in [6.07, 6.45) is 1.09. The molecule has 0 spiro atoms. The maximum atomic E-state index is 14.3. The van der Waals surface area contributed by atoms with Gasteiger partial charge in [0.2, 0.25) is 15.9 Å². The van der Waals surface area contributed by atoms with Crippen molar-refractivity contribution in [2.45, 2.75) is 6.92 Å². The summed E-state index contributed by atoms with van der Waals surface area (Å²) in [6, 6.07) is 15.1. The second-order valence-corrected chi connectivity index (χ2v) is 12.8. The van der Waals surface area contributed by atoms with E-state index in [-0.39, 0.29) is 28.4 Å². The van der Waals surface area contributed by atoms with Crippen molar-refractivity contribution in [3.05, 3.63) is 83.4 Å². The van der Waals surface area contributed by atoms with Crippen LogP contribution in [0.2, 0.25) is 0 Å². The van der Waals surface area contributed by atoms with Crippen LogP contribution in [0.1, 0.15) is 15.9 Å². The Bertz CT molecular complexity index is 2130. The number of halogens is 2. The van der Waals surface area contributed by atoms with Crippen LogP contribution in [0.5, 0.6) is 0 Å². The van der Waals surface area contributed by atoms with Gasteiger partial charge in [-0.05, 0) is 61.0 Å². The quantitative estimate of drug-likeness (QED) is 0.219. The number of nitrogens with one attached hydrogen (secondary N) is 1. The summed E-state index contributed by atoms with van der Waals surface area (Å²) in [5.41, 5.74) is 2.99. The number of thiophene rings is 1. The number of carbonyl (C=O) groups excluding carboxylic acids is 1. The first-order chi connectivity index (χ1) is 20.0. The smallest absolute Gasteiger partial charge is 0.255 e. The zero-order valence-electron chi connectivity index (χ0n) is 22.8. The summed E-state index contributed by atoms with van der Waals surface area (Å²) in [6.45, 7) is 1.85. The number of hydrogen-bond acceptors (Lipinski definition) is 7. The first kappa shape index (κ1) is 27.6. The van der Waals surface area contributed by atoms with E-state index in [9.17, 15) is 22.0 Å². The zero-order valence-corrected chi connectivity index (χ0v) is 24.4. The van der Waals surface area contributed by atoms with Crippen LogP contribution in [0, 0.1) is 18.6 Å². The lowest BCUT2D eigenvalue weighted by atomic mass is 10.0. The zero-order chi connectivity index (χ0) is 29.9. The van der Waals surface area contributed by atoms with E-state index in [2.05, 4.69) is 10.3 Å². The number of sulfonamides is 1. The van der Waals surface area contributed by atoms with Gasteiger partial charge in [0, 0.05) is 41.6 Å². The van der Waals surface area contributed by atoms with E-state index in [4.69, 9.17) is 8.83 Å². The molecule has 0 aliphatic heterocycles. The number of nitrogens with zero attached hydrogens (tertiary/aromatic N) is 2. The van der Waals surface area contributed by atoms with Gasteiger partial charge in [-0.3, -0.25) is 9.10 Å². The Morgan fingerprint density at radius 3 is 2.45 bits per heavy atom. The molecule has 8 nitrogen and oxygen atoms in total. The second-order valence-electron chi connectivity index (χ2n) is 9.72. The fourth-order valence-corrected chi connectivity index (χ4v) is 6.42. The third-order valence-corrected chi connectivity index (χ3v) is 9.39. The predicted octanol–water partition coefficient (Wildman–Crippen LogP) is 6.98. The van der Waals surface area contributed by atoms with Gasteiger partial charge in [-0.2, -0.15) is 0 Å². The van der Waals surface area contributed by atoms with Crippen LogP contribution < -0.4 is 9.62 Å². The van der Waals surface area contributed by atoms with Crippen LogP contribution in [0.4, 0.5) is 14.5 Å². The molecule has 1 N–H and O–H groups in total. The second kappa shape index (κ2) is 10.1. The maximum Gasteiger partial charge on any atom is 0.255 e. The molecule has 3 aromatic carbocycles. The summed E-state index contributed by atoms with van der Waals surface area (Å²) >= 11 is 1.29. The van der Waals surface area contributed by atoms with Crippen molar-refractivity contribution in [1.29, 1.82) is 0 Å². The normalized spacial score (nSPS) is 11.9. The van der Waals surface area contributed by atoms with Gasteiger partial charge in [0.25, 0.3) is 5.91 Å². The lowest BCUT2D eigenvalue weighted by Gasteiger charge is -2.20. The molecule has 42 heavy (non-hydrogen) atoms. The van der Waals surface area contributed by atoms with Crippen LogP contribution in [-0.4, -0.2) is 39.7 Å². The average Bonchev–Trinajstić information content (AvgIpc) is 3.66. The number of hydrogen-bond donors (Lipinski definition) is 1.